The molecule has 0 radical (unpaired) electrons. The number of fused-ring (bicyclic) bond motifs is 3. The zero-order valence-electron chi connectivity index (χ0n) is 17.2. The second-order valence-electron chi connectivity index (χ2n) is 8.15. The summed E-state index contributed by atoms with van der Waals surface area (Å²) in [6.45, 7) is 4.58. The van der Waals surface area contributed by atoms with Crippen molar-refractivity contribution in [2.45, 2.75) is 83.5 Å². The van der Waals surface area contributed by atoms with E-state index in [1.807, 2.05) is 0 Å². The highest BCUT2D eigenvalue weighted by Crippen LogP contribution is 2.54. The quantitative estimate of drug-likeness (QED) is 0.299. The lowest BCUT2D eigenvalue weighted by molar-refractivity contribution is 0.401. The van der Waals surface area contributed by atoms with Crippen molar-refractivity contribution in [3.8, 4) is 23.5 Å². The van der Waals surface area contributed by atoms with E-state index in [0.29, 0.717) is 0 Å². The molecule has 0 aliphatic heterocycles. The molecule has 1 aliphatic rings. The van der Waals surface area contributed by atoms with Gasteiger partial charge in [-0.15, -0.1) is 6.42 Å². The molecule has 142 valence electrons. The lowest BCUT2D eigenvalue weighted by Crippen LogP contribution is -2.25. The number of hydrogen-bond donors (Lipinski definition) is 0. The highest BCUT2D eigenvalue weighted by molar-refractivity contribution is 5.81. The van der Waals surface area contributed by atoms with Crippen LogP contribution in [0, 0.1) is 12.3 Å². The summed E-state index contributed by atoms with van der Waals surface area (Å²) >= 11 is 0. The molecule has 2 aromatic rings. The van der Waals surface area contributed by atoms with Gasteiger partial charge in [0.15, 0.2) is 0 Å². The fraction of sp³-hybridized carbons (Fsp3) is 0.481. The Labute approximate surface area is 166 Å². The lowest BCUT2D eigenvalue weighted by Gasteiger charge is -2.33. The Balaban J connectivity index is 2.02. The highest BCUT2D eigenvalue weighted by atomic mass is 14.4. The van der Waals surface area contributed by atoms with Gasteiger partial charge in [-0.05, 0) is 47.2 Å². The molecule has 0 saturated heterocycles. The molecule has 27 heavy (non-hydrogen) atoms. The summed E-state index contributed by atoms with van der Waals surface area (Å²) in [4.78, 5) is 0. The second-order valence-corrected chi connectivity index (χ2v) is 8.15. The molecular formula is C27H34. The Morgan fingerprint density at radius 3 is 2.00 bits per heavy atom. The van der Waals surface area contributed by atoms with Crippen LogP contribution in [0.15, 0.2) is 42.5 Å². The van der Waals surface area contributed by atoms with E-state index in [-0.39, 0.29) is 5.41 Å². The maximum Gasteiger partial charge on any atom is 0.0246 e. The van der Waals surface area contributed by atoms with Gasteiger partial charge in [-0.25, -0.2) is 0 Å². The van der Waals surface area contributed by atoms with Gasteiger partial charge in [0.2, 0.25) is 0 Å². The van der Waals surface area contributed by atoms with Crippen LogP contribution in [0.1, 0.15) is 94.7 Å². The summed E-state index contributed by atoms with van der Waals surface area (Å²) in [7, 11) is 0. The first-order chi connectivity index (χ1) is 13.3. The molecule has 0 heteroatoms. The molecule has 1 aliphatic carbocycles. The van der Waals surface area contributed by atoms with Crippen molar-refractivity contribution in [2.24, 2.45) is 0 Å². The molecule has 0 fully saturated rings. The fourth-order valence-electron chi connectivity index (χ4n) is 4.92. The second kappa shape index (κ2) is 9.27. The van der Waals surface area contributed by atoms with E-state index >= 15 is 0 Å². The van der Waals surface area contributed by atoms with Crippen molar-refractivity contribution >= 4 is 0 Å². The van der Waals surface area contributed by atoms with Crippen molar-refractivity contribution in [3.63, 3.8) is 0 Å². The standard InChI is InChI=1S/C27H34/c1-4-7-9-13-19-27(20-14-10-8-5-2)25-16-12-11-15-23(25)24-18-17-22(6-3)21-26(24)27/h3,11-12,15-18,21H,4-5,7-10,13-14,19-20H2,1-2H3. The predicted molar refractivity (Wildman–Crippen MR) is 118 cm³/mol. The Morgan fingerprint density at radius 2 is 1.37 bits per heavy atom. The van der Waals surface area contributed by atoms with Crippen LogP contribution in [0.3, 0.4) is 0 Å². The summed E-state index contributed by atoms with van der Waals surface area (Å²) in [5, 5.41) is 0. The molecule has 3 rings (SSSR count). The molecule has 0 spiro atoms. The van der Waals surface area contributed by atoms with Crippen LogP contribution in [-0.2, 0) is 5.41 Å². The average Bonchev–Trinajstić information content (AvgIpc) is 2.98. The minimum Gasteiger partial charge on any atom is -0.115 e. The summed E-state index contributed by atoms with van der Waals surface area (Å²) in [6.07, 6.45) is 18.8. The molecule has 0 heterocycles. The van der Waals surface area contributed by atoms with E-state index < -0.39 is 0 Å². The predicted octanol–water partition coefficient (Wildman–Crippen LogP) is 7.88. The largest absolute Gasteiger partial charge is 0.115 e. The number of hydrogen-bond acceptors (Lipinski definition) is 0. The van der Waals surface area contributed by atoms with E-state index in [1.165, 1.54) is 80.9 Å². The molecule has 0 nitrogen and oxygen atoms in total. The summed E-state index contributed by atoms with van der Waals surface area (Å²) in [6, 6.07) is 15.8. The van der Waals surface area contributed by atoms with Gasteiger partial charge in [-0.3, -0.25) is 0 Å². The lowest BCUT2D eigenvalue weighted by atomic mass is 9.70. The number of benzene rings is 2. The first-order valence-corrected chi connectivity index (χ1v) is 11.0. The summed E-state index contributed by atoms with van der Waals surface area (Å²) < 4.78 is 0. The van der Waals surface area contributed by atoms with E-state index in [1.54, 1.807) is 5.56 Å². The van der Waals surface area contributed by atoms with E-state index in [2.05, 4.69) is 62.2 Å². The van der Waals surface area contributed by atoms with E-state index in [9.17, 15) is 0 Å². The van der Waals surface area contributed by atoms with Crippen LogP contribution < -0.4 is 0 Å². The third kappa shape index (κ3) is 3.98. The molecule has 0 atom stereocenters. The van der Waals surface area contributed by atoms with Crippen LogP contribution in [-0.4, -0.2) is 0 Å². The molecule has 0 unspecified atom stereocenters. The zero-order valence-corrected chi connectivity index (χ0v) is 17.2. The molecule has 2 aromatic carbocycles. The Morgan fingerprint density at radius 1 is 0.741 bits per heavy atom. The van der Waals surface area contributed by atoms with Gasteiger partial charge in [0.1, 0.15) is 0 Å². The van der Waals surface area contributed by atoms with Gasteiger partial charge in [0.05, 0.1) is 0 Å². The zero-order chi connectivity index (χ0) is 19.1. The minimum atomic E-state index is 0.153. The van der Waals surface area contributed by atoms with Gasteiger partial charge >= 0.3 is 0 Å². The van der Waals surface area contributed by atoms with Gasteiger partial charge in [0.25, 0.3) is 0 Å². The SMILES string of the molecule is C#Cc1ccc2c(c1)C(CCCCCC)(CCCCCC)c1ccccc1-2. The third-order valence-electron chi connectivity index (χ3n) is 6.35. The first-order valence-electron chi connectivity index (χ1n) is 11.0. The number of terminal acetylenes is 1. The van der Waals surface area contributed by atoms with Crippen molar-refractivity contribution in [2.75, 3.05) is 0 Å². The third-order valence-corrected chi connectivity index (χ3v) is 6.35. The monoisotopic (exact) mass is 358 g/mol. The molecule has 0 aromatic heterocycles. The van der Waals surface area contributed by atoms with Crippen molar-refractivity contribution in [1.82, 2.24) is 0 Å². The van der Waals surface area contributed by atoms with Gasteiger partial charge < -0.3 is 0 Å². The molecular weight excluding hydrogens is 324 g/mol. The minimum absolute atomic E-state index is 0.153. The molecule has 0 saturated carbocycles. The molecule has 0 N–H and O–H groups in total. The maximum absolute atomic E-state index is 5.77. The molecule has 0 bridgehead atoms. The fourth-order valence-corrected chi connectivity index (χ4v) is 4.92. The number of unbranched alkanes of at least 4 members (excludes halogenated alkanes) is 6. The summed E-state index contributed by atoms with van der Waals surface area (Å²) in [5.41, 5.74) is 7.06. The van der Waals surface area contributed by atoms with E-state index in [4.69, 9.17) is 6.42 Å². The highest BCUT2D eigenvalue weighted by Gasteiger charge is 2.41. The summed E-state index contributed by atoms with van der Waals surface area (Å²) in [5.74, 6) is 2.87. The van der Waals surface area contributed by atoms with Crippen molar-refractivity contribution in [3.05, 3.63) is 59.2 Å². The number of rotatable bonds is 10. The Bertz CT molecular complexity index is 778. The maximum atomic E-state index is 5.77. The normalized spacial score (nSPS) is 13.8. The average molecular weight is 359 g/mol. The van der Waals surface area contributed by atoms with Gasteiger partial charge in [0, 0.05) is 11.0 Å². The topological polar surface area (TPSA) is 0 Å². The van der Waals surface area contributed by atoms with Crippen LogP contribution in [0.5, 0.6) is 0 Å². The van der Waals surface area contributed by atoms with Gasteiger partial charge in [-0.1, -0.05) is 101 Å². The smallest absolute Gasteiger partial charge is 0.0246 e. The van der Waals surface area contributed by atoms with Crippen LogP contribution >= 0.6 is 0 Å². The van der Waals surface area contributed by atoms with Gasteiger partial charge in [-0.2, -0.15) is 0 Å². The van der Waals surface area contributed by atoms with E-state index in [0.717, 1.165) is 5.56 Å². The van der Waals surface area contributed by atoms with Crippen LogP contribution in [0.4, 0.5) is 0 Å². The molecule has 0 amide bonds. The van der Waals surface area contributed by atoms with Crippen LogP contribution in [0.2, 0.25) is 0 Å². The van der Waals surface area contributed by atoms with Crippen LogP contribution in [0.25, 0.3) is 11.1 Å². The van der Waals surface area contributed by atoms with Crippen molar-refractivity contribution in [1.29, 1.82) is 0 Å². The first kappa shape index (κ1) is 19.8. The Kier molecular flexibility index (Phi) is 6.78. The Hall–Kier alpha value is -2.00. The van der Waals surface area contributed by atoms with Crippen molar-refractivity contribution < 1.29 is 0 Å².